The molecule has 1 aliphatic carbocycles. The number of hydrogen-bond acceptors (Lipinski definition) is 5. The number of nitrogens with one attached hydrogen (secondary N) is 1. The molecule has 2 aliphatic heterocycles. The third kappa shape index (κ3) is 6.08. The van der Waals surface area contributed by atoms with Crippen molar-refractivity contribution in [2.24, 2.45) is 5.92 Å². The van der Waals surface area contributed by atoms with E-state index in [4.69, 9.17) is 27.9 Å². The highest BCUT2D eigenvalue weighted by atomic mass is 35.5. The van der Waals surface area contributed by atoms with Crippen LogP contribution >= 0.6 is 23.2 Å². The summed E-state index contributed by atoms with van der Waals surface area (Å²) in [4.78, 5) is 14.9. The molecular formula is C27H31Cl2FN2O4S. The van der Waals surface area contributed by atoms with Crippen LogP contribution in [-0.4, -0.2) is 44.2 Å². The van der Waals surface area contributed by atoms with Gasteiger partial charge in [0.05, 0.1) is 18.4 Å². The smallest absolute Gasteiger partial charge is 0.267 e. The van der Waals surface area contributed by atoms with Crippen LogP contribution in [0.15, 0.2) is 30.3 Å². The van der Waals surface area contributed by atoms with E-state index < -0.39 is 21.7 Å². The SMILES string of the molecule is C[C@H](c1cc(Cl)cc(Cl)c1)N1C2CC[C@H]1CC(COc1cc(F)c(C(=O)NS(C)(=O)=O)cc1C1CC1)C2. The molecule has 1 amide bonds. The summed E-state index contributed by atoms with van der Waals surface area (Å²) in [7, 11) is -3.79. The van der Waals surface area contributed by atoms with E-state index in [-0.39, 0.29) is 17.5 Å². The molecule has 1 N–H and O–H groups in total. The zero-order valence-corrected chi connectivity index (χ0v) is 23.2. The molecule has 6 nitrogen and oxygen atoms in total. The lowest BCUT2D eigenvalue weighted by molar-refractivity contribution is 0.0492. The highest BCUT2D eigenvalue weighted by Gasteiger charge is 2.43. The quantitative estimate of drug-likeness (QED) is 0.417. The van der Waals surface area contributed by atoms with Crippen molar-refractivity contribution in [3.63, 3.8) is 0 Å². The highest BCUT2D eigenvalue weighted by Crippen LogP contribution is 2.47. The fourth-order valence-electron chi connectivity index (χ4n) is 6.10. The van der Waals surface area contributed by atoms with Gasteiger partial charge in [-0.2, -0.15) is 0 Å². The van der Waals surface area contributed by atoms with E-state index in [1.165, 1.54) is 12.1 Å². The van der Waals surface area contributed by atoms with Crippen LogP contribution in [0.1, 0.15) is 78.9 Å². The van der Waals surface area contributed by atoms with Crippen LogP contribution in [-0.2, 0) is 10.0 Å². The van der Waals surface area contributed by atoms with Crippen molar-refractivity contribution in [3.05, 3.63) is 62.9 Å². The number of carbonyl (C=O) groups is 1. The van der Waals surface area contributed by atoms with Crippen LogP contribution in [0, 0.1) is 11.7 Å². The van der Waals surface area contributed by atoms with Crippen molar-refractivity contribution in [3.8, 4) is 5.75 Å². The Morgan fingerprint density at radius 1 is 1.08 bits per heavy atom. The van der Waals surface area contributed by atoms with E-state index >= 15 is 0 Å². The van der Waals surface area contributed by atoms with Crippen LogP contribution in [0.3, 0.4) is 0 Å². The molecule has 2 unspecified atom stereocenters. The second-order valence-electron chi connectivity index (χ2n) is 10.7. The van der Waals surface area contributed by atoms with E-state index in [2.05, 4.69) is 11.8 Å². The normalized spacial score (nSPS) is 24.6. The number of benzene rings is 2. The van der Waals surface area contributed by atoms with Gasteiger partial charge in [-0.25, -0.2) is 17.5 Å². The van der Waals surface area contributed by atoms with Crippen molar-refractivity contribution in [2.75, 3.05) is 12.9 Å². The molecule has 0 radical (unpaired) electrons. The van der Waals surface area contributed by atoms with Crippen LogP contribution < -0.4 is 9.46 Å². The van der Waals surface area contributed by atoms with E-state index in [0.29, 0.717) is 40.4 Å². The number of rotatable bonds is 8. The molecule has 4 atom stereocenters. The van der Waals surface area contributed by atoms with Gasteiger partial charge in [-0.05, 0) is 92.7 Å². The summed E-state index contributed by atoms with van der Waals surface area (Å²) < 4.78 is 45.8. The predicted molar refractivity (Wildman–Crippen MR) is 142 cm³/mol. The summed E-state index contributed by atoms with van der Waals surface area (Å²) >= 11 is 12.5. The van der Waals surface area contributed by atoms with Crippen molar-refractivity contribution in [1.29, 1.82) is 0 Å². The van der Waals surface area contributed by atoms with Gasteiger partial charge in [-0.1, -0.05) is 23.2 Å². The Hall–Kier alpha value is -1.87. The number of sulfonamides is 1. The van der Waals surface area contributed by atoms with Crippen molar-refractivity contribution in [1.82, 2.24) is 9.62 Å². The molecule has 200 valence electrons. The molecule has 3 fully saturated rings. The van der Waals surface area contributed by atoms with Crippen molar-refractivity contribution >= 4 is 39.1 Å². The zero-order valence-electron chi connectivity index (χ0n) is 20.8. The number of nitrogens with zero attached hydrogens (tertiary/aromatic N) is 1. The Kier molecular flexibility index (Phi) is 7.48. The molecule has 2 aromatic carbocycles. The molecule has 10 heteroatoms. The molecule has 37 heavy (non-hydrogen) atoms. The van der Waals surface area contributed by atoms with Crippen LogP contribution in [0.4, 0.5) is 4.39 Å². The van der Waals surface area contributed by atoms with Gasteiger partial charge < -0.3 is 4.74 Å². The lowest BCUT2D eigenvalue weighted by atomic mass is 9.89. The Morgan fingerprint density at radius 3 is 2.27 bits per heavy atom. The molecule has 5 rings (SSSR count). The largest absolute Gasteiger partial charge is 0.493 e. The number of amides is 1. The minimum atomic E-state index is -3.79. The number of ether oxygens (including phenoxy) is 1. The Labute approximate surface area is 227 Å². The number of fused-ring (bicyclic) bond motifs is 2. The molecule has 1 saturated carbocycles. The maximum atomic E-state index is 14.8. The topological polar surface area (TPSA) is 75.7 Å². The van der Waals surface area contributed by atoms with Gasteiger partial charge >= 0.3 is 0 Å². The Balaban J connectivity index is 1.27. The average molecular weight is 570 g/mol. The second-order valence-corrected chi connectivity index (χ2v) is 13.3. The van der Waals surface area contributed by atoms with E-state index in [1.54, 1.807) is 6.07 Å². The number of piperidine rings is 1. The predicted octanol–water partition coefficient (Wildman–Crippen LogP) is 6.08. The Bertz CT molecular complexity index is 1280. The van der Waals surface area contributed by atoms with Gasteiger partial charge in [0, 0.05) is 34.2 Å². The van der Waals surface area contributed by atoms with Crippen molar-refractivity contribution in [2.45, 2.75) is 69.5 Å². The second kappa shape index (κ2) is 10.4. The molecule has 2 bridgehead atoms. The average Bonchev–Trinajstić information content (AvgIpc) is 3.60. The van der Waals surface area contributed by atoms with Gasteiger partial charge in [-0.15, -0.1) is 0 Å². The van der Waals surface area contributed by atoms with Gasteiger partial charge in [0.15, 0.2) is 0 Å². The standard InChI is InChI=1S/C27H31Cl2FN2O4S/c1-15(18-9-19(28)11-20(29)10-18)32-21-5-6-22(32)8-16(7-21)14-36-26-13-25(30)24(12-23(26)17-3-4-17)27(33)31-37(2,34)35/h9-13,15-17,21-22H,3-8,14H2,1-2H3,(H,31,33)/t15-,16?,21+,22?/m1/s1. The lowest BCUT2D eigenvalue weighted by Gasteiger charge is -2.42. The van der Waals surface area contributed by atoms with E-state index in [1.807, 2.05) is 16.9 Å². The first-order chi connectivity index (χ1) is 17.5. The molecule has 3 aliphatic rings. The molecule has 2 saturated heterocycles. The zero-order chi connectivity index (χ0) is 26.5. The number of hydrogen-bond donors (Lipinski definition) is 1. The van der Waals surface area contributed by atoms with Crippen LogP contribution in [0.25, 0.3) is 0 Å². The minimum Gasteiger partial charge on any atom is -0.493 e. The van der Waals surface area contributed by atoms with E-state index in [9.17, 15) is 17.6 Å². The maximum absolute atomic E-state index is 14.8. The third-order valence-electron chi connectivity index (χ3n) is 7.82. The summed E-state index contributed by atoms with van der Waals surface area (Å²) in [5.74, 6) is -0.763. The highest BCUT2D eigenvalue weighted by molar-refractivity contribution is 7.89. The molecule has 2 heterocycles. The Morgan fingerprint density at radius 2 is 1.70 bits per heavy atom. The lowest BCUT2D eigenvalue weighted by Crippen LogP contribution is -2.45. The fraction of sp³-hybridized carbons (Fsp3) is 0.519. The first-order valence-electron chi connectivity index (χ1n) is 12.7. The first-order valence-corrected chi connectivity index (χ1v) is 15.3. The number of carbonyl (C=O) groups excluding carboxylic acids is 1. The number of halogens is 3. The maximum Gasteiger partial charge on any atom is 0.267 e. The molecule has 0 aromatic heterocycles. The van der Waals surface area contributed by atoms with Crippen LogP contribution in [0.5, 0.6) is 5.75 Å². The van der Waals surface area contributed by atoms with Gasteiger partial charge in [-0.3, -0.25) is 9.69 Å². The molecule has 2 aromatic rings. The monoisotopic (exact) mass is 568 g/mol. The molecular weight excluding hydrogens is 538 g/mol. The minimum absolute atomic E-state index is 0.198. The van der Waals surface area contributed by atoms with Gasteiger partial charge in [0.2, 0.25) is 10.0 Å². The summed E-state index contributed by atoms with van der Waals surface area (Å²) in [5.41, 5.74) is 1.61. The van der Waals surface area contributed by atoms with Crippen LogP contribution in [0.2, 0.25) is 10.0 Å². The van der Waals surface area contributed by atoms with E-state index in [0.717, 1.165) is 55.9 Å². The van der Waals surface area contributed by atoms with Gasteiger partial charge in [0.1, 0.15) is 11.6 Å². The summed E-state index contributed by atoms with van der Waals surface area (Å²) in [6, 6.07) is 9.48. The fourth-order valence-corrected chi connectivity index (χ4v) is 7.09. The molecule has 0 spiro atoms. The van der Waals surface area contributed by atoms with Crippen molar-refractivity contribution < 1.29 is 22.3 Å². The summed E-state index contributed by atoms with van der Waals surface area (Å²) in [5, 5.41) is 1.28. The third-order valence-corrected chi connectivity index (χ3v) is 8.81. The van der Waals surface area contributed by atoms with Gasteiger partial charge in [0.25, 0.3) is 5.91 Å². The summed E-state index contributed by atoms with van der Waals surface area (Å²) in [6.07, 6.45) is 6.98. The first kappa shape index (κ1) is 26.7. The summed E-state index contributed by atoms with van der Waals surface area (Å²) in [6.45, 7) is 2.68.